The molecule has 7 heavy (non-hydrogen) atoms. The molecule has 0 unspecified atom stereocenters. The van der Waals surface area contributed by atoms with Gasteiger partial charge in [-0.3, -0.25) is 4.79 Å². The van der Waals surface area contributed by atoms with E-state index in [9.17, 15) is 0 Å². The van der Waals surface area contributed by atoms with Gasteiger partial charge >= 0.3 is 0 Å². The van der Waals surface area contributed by atoms with E-state index in [1.165, 1.54) is 13.0 Å². The van der Waals surface area contributed by atoms with Crippen LogP contribution in [0, 0.1) is 11.3 Å². The number of allylic oxidation sites excluding steroid dienone is 1. The lowest BCUT2D eigenvalue weighted by molar-refractivity contribution is -0.104. The van der Waals surface area contributed by atoms with Gasteiger partial charge in [-0.05, 0) is 6.08 Å². The topological polar surface area (TPSA) is 40.9 Å². The maximum absolute atomic E-state index is 9.06. The van der Waals surface area contributed by atoms with Gasteiger partial charge in [-0.15, -0.1) is 0 Å². The van der Waals surface area contributed by atoms with Crippen LogP contribution in [0.25, 0.3) is 0 Å². The van der Waals surface area contributed by atoms with Crippen LogP contribution >= 0.6 is 0 Å². The highest BCUT2D eigenvalue weighted by atomic mass is 16.1. The van der Waals surface area contributed by atoms with Crippen molar-refractivity contribution in [3.63, 3.8) is 0 Å². The minimum Gasteiger partial charge on any atom is -0.299 e. The molecule has 0 aliphatic heterocycles. The van der Waals surface area contributed by atoms with Crippen LogP contribution in [0.15, 0.2) is 12.7 Å². The highest BCUT2D eigenvalue weighted by Crippen LogP contribution is 1.35. The van der Waals surface area contributed by atoms with Gasteiger partial charge in [0.05, 0.1) is 6.07 Å². The van der Waals surface area contributed by atoms with Gasteiger partial charge in [0.2, 0.25) is 0 Å². The van der Waals surface area contributed by atoms with Gasteiger partial charge in [-0.2, -0.15) is 5.26 Å². The molecule has 0 fully saturated rings. The first-order chi connectivity index (χ1) is 3.33. The van der Waals surface area contributed by atoms with E-state index >= 15 is 0 Å². The van der Waals surface area contributed by atoms with Gasteiger partial charge in [0, 0.05) is 6.92 Å². The molecule has 2 nitrogen and oxygen atoms in total. The van der Waals surface area contributed by atoms with E-state index in [1.807, 2.05) is 0 Å². The smallest absolute Gasteiger partial charge is 0.142 e. The number of hydrogen-bond donors (Lipinski definition) is 0. The summed E-state index contributed by atoms with van der Waals surface area (Å²) in [6.45, 7) is 4.54. The van der Waals surface area contributed by atoms with Crippen molar-refractivity contribution in [2.24, 2.45) is 0 Å². The molecule has 0 aromatic carbocycles. The van der Waals surface area contributed by atoms with E-state index in [-0.39, 0.29) is 0 Å². The van der Waals surface area contributed by atoms with E-state index < -0.39 is 0 Å². The predicted molar refractivity (Wildman–Crippen MR) is 27.5 cm³/mol. The second-order valence-corrected chi connectivity index (χ2v) is 0.595. The van der Waals surface area contributed by atoms with Gasteiger partial charge in [0.1, 0.15) is 6.29 Å². The quantitative estimate of drug-likeness (QED) is 0.360. The molecule has 0 aromatic rings. The molecule has 0 heterocycles. The summed E-state index contributed by atoms with van der Waals surface area (Å²) < 4.78 is 0. The number of nitrogens with zero attached hydrogens (tertiary/aromatic N) is 1. The Kier molecular flexibility index (Phi) is 27.5. The maximum Gasteiger partial charge on any atom is 0.142 e. The highest BCUT2D eigenvalue weighted by molar-refractivity contribution is 5.63. The molecular formula is C5H7NO. The molecule has 2 heteroatoms. The van der Waals surface area contributed by atoms with Crippen LogP contribution in [-0.4, -0.2) is 6.29 Å². The van der Waals surface area contributed by atoms with Crippen LogP contribution in [0.2, 0.25) is 0 Å². The molecule has 0 rings (SSSR count). The van der Waals surface area contributed by atoms with Crippen LogP contribution in [-0.2, 0) is 4.79 Å². The molecule has 0 aliphatic rings. The third-order valence-corrected chi connectivity index (χ3v) is 0.0962. The van der Waals surface area contributed by atoms with Crippen LogP contribution in [0.1, 0.15) is 6.92 Å². The Morgan fingerprint density at radius 3 is 2.00 bits per heavy atom. The molecule has 0 amide bonds. The first-order valence-electron chi connectivity index (χ1n) is 1.70. The molecule has 0 aliphatic carbocycles. The fraction of sp³-hybridized carbons (Fsp3) is 0.200. The Labute approximate surface area is 43.1 Å². The Hall–Kier alpha value is -1.10. The zero-order chi connectivity index (χ0) is 6.12. The van der Waals surface area contributed by atoms with Crippen molar-refractivity contribution in [3.05, 3.63) is 12.7 Å². The van der Waals surface area contributed by atoms with Gasteiger partial charge in [0.25, 0.3) is 0 Å². The lowest BCUT2D eigenvalue weighted by Gasteiger charge is -1.37. The fourth-order valence-corrected chi connectivity index (χ4v) is 0. The zero-order valence-electron chi connectivity index (χ0n) is 4.22. The molecule has 0 spiro atoms. The summed E-state index contributed by atoms with van der Waals surface area (Å²) in [5.74, 6) is 0. The normalized spacial score (nSPS) is 4.00. The second kappa shape index (κ2) is 20.6. The Morgan fingerprint density at radius 2 is 2.00 bits per heavy atom. The largest absolute Gasteiger partial charge is 0.299 e. The number of aldehydes is 1. The number of carbonyl (C=O) groups is 1. The minimum atomic E-state index is 0.639. The van der Waals surface area contributed by atoms with E-state index in [4.69, 9.17) is 10.1 Å². The predicted octanol–water partition coefficient (Wildman–Crippen LogP) is 0.901. The van der Waals surface area contributed by atoms with Crippen LogP contribution < -0.4 is 0 Å². The van der Waals surface area contributed by atoms with E-state index in [2.05, 4.69) is 6.58 Å². The third kappa shape index (κ3) is 4120. The Balaban J connectivity index is 0. The van der Waals surface area contributed by atoms with E-state index in [0.717, 1.165) is 0 Å². The summed E-state index contributed by atoms with van der Waals surface area (Å²) in [5, 5.41) is 7.32. The summed E-state index contributed by atoms with van der Waals surface area (Å²) in [4.78, 5) is 9.06. The second-order valence-electron chi connectivity index (χ2n) is 0.595. The van der Waals surface area contributed by atoms with Crippen LogP contribution in [0.3, 0.4) is 0 Å². The lowest BCUT2D eigenvalue weighted by Crippen LogP contribution is -1.44. The molecular weight excluding hydrogens is 90.1 g/mol. The first-order valence-corrected chi connectivity index (χ1v) is 1.70. The number of carbonyl (C=O) groups excluding carboxylic acids is 1. The molecule has 0 saturated heterocycles. The van der Waals surface area contributed by atoms with Crippen molar-refractivity contribution in [2.75, 3.05) is 0 Å². The number of nitriles is 1. The van der Waals surface area contributed by atoms with Gasteiger partial charge in [-0.1, -0.05) is 6.58 Å². The average molecular weight is 97.1 g/mol. The average Bonchev–Trinajstić information content (AvgIpc) is 1.69. The minimum absolute atomic E-state index is 0.639. The van der Waals surface area contributed by atoms with Crippen LogP contribution in [0.4, 0.5) is 0 Å². The molecule has 0 aromatic heterocycles. The highest BCUT2D eigenvalue weighted by Gasteiger charge is 1.38. The molecule has 38 valence electrons. The molecule has 0 N–H and O–H groups in total. The van der Waals surface area contributed by atoms with Crippen molar-refractivity contribution in [1.82, 2.24) is 0 Å². The molecule has 0 saturated carbocycles. The number of hydrogen-bond acceptors (Lipinski definition) is 2. The third-order valence-electron chi connectivity index (χ3n) is 0.0962. The number of rotatable bonds is 1. The van der Waals surface area contributed by atoms with Crippen LogP contribution in [0.5, 0.6) is 0 Å². The monoisotopic (exact) mass is 97.1 g/mol. The fourth-order valence-electron chi connectivity index (χ4n) is 0. The van der Waals surface area contributed by atoms with Gasteiger partial charge < -0.3 is 0 Å². The first kappa shape index (κ1) is 9.31. The van der Waals surface area contributed by atoms with E-state index in [1.54, 1.807) is 6.07 Å². The summed E-state index contributed by atoms with van der Waals surface area (Å²) in [6.07, 6.45) is 1.83. The molecule has 0 atom stereocenters. The maximum atomic E-state index is 9.06. The molecule has 0 bridgehead atoms. The Morgan fingerprint density at radius 1 is 1.86 bits per heavy atom. The summed E-state index contributed by atoms with van der Waals surface area (Å²) in [6, 6.07) is 1.75. The zero-order valence-corrected chi connectivity index (χ0v) is 4.22. The van der Waals surface area contributed by atoms with Crippen molar-refractivity contribution < 1.29 is 4.79 Å². The SMILES string of the molecule is C=CC=O.CC#N. The standard InChI is InChI=1S/C3H4O.C2H3N/c1-2-3-4;1-2-3/h2-3H,1H2;1H3. The van der Waals surface area contributed by atoms with Gasteiger partial charge in [-0.25, -0.2) is 0 Å². The lowest BCUT2D eigenvalue weighted by atomic mass is 10.8. The summed E-state index contributed by atoms with van der Waals surface area (Å²) >= 11 is 0. The summed E-state index contributed by atoms with van der Waals surface area (Å²) in [7, 11) is 0. The van der Waals surface area contributed by atoms with Gasteiger partial charge in [0.15, 0.2) is 0 Å². The van der Waals surface area contributed by atoms with Crippen molar-refractivity contribution in [2.45, 2.75) is 6.92 Å². The van der Waals surface area contributed by atoms with Crippen molar-refractivity contribution >= 4 is 6.29 Å². The van der Waals surface area contributed by atoms with Crippen molar-refractivity contribution in [3.8, 4) is 6.07 Å². The van der Waals surface area contributed by atoms with Crippen molar-refractivity contribution in [1.29, 1.82) is 5.26 Å². The Bertz CT molecular complexity index is 74.6. The van der Waals surface area contributed by atoms with E-state index in [0.29, 0.717) is 6.29 Å². The molecule has 0 radical (unpaired) electrons. The summed E-state index contributed by atoms with van der Waals surface area (Å²) in [5.41, 5.74) is 0.